The van der Waals surface area contributed by atoms with Gasteiger partial charge in [0.1, 0.15) is 12.2 Å². The van der Waals surface area contributed by atoms with E-state index in [1.165, 1.54) is 6.92 Å². The van der Waals surface area contributed by atoms with Gasteiger partial charge in [0.2, 0.25) is 11.9 Å². The van der Waals surface area contributed by atoms with Crippen LogP contribution in [0.25, 0.3) is 0 Å². The van der Waals surface area contributed by atoms with E-state index in [4.69, 9.17) is 18.9 Å². The van der Waals surface area contributed by atoms with Gasteiger partial charge in [0, 0.05) is 0 Å². The number of aliphatic hydroxyl groups excluding tert-OH is 2. The summed E-state index contributed by atoms with van der Waals surface area (Å²) < 4.78 is 22.5. The molecule has 30 heavy (non-hydrogen) atoms. The molecule has 6 rings (SSSR count). The van der Waals surface area contributed by atoms with E-state index in [1.807, 2.05) is 20.8 Å². The number of fused-ring (bicyclic) bond motifs is 1. The van der Waals surface area contributed by atoms with Crippen molar-refractivity contribution in [3.05, 3.63) is 0 Å². The fourth-order valence-corrected chi connectivity index (χ4v) is 8.12. The number of hydrogen-bond donors (Lipinski definition) is 3. The molecule has 0 radical (unpaired) electrons. The summed E-state index contributed by atoms with van der Waals surface area (Å²) in [7, 11) is 0. The molecule has 2 aliphatic carbocycles. The molecule has 10 nitrogen and oxygen atoms in total. The van der Waals surface area contributed by atoms with E-state index in [0.717, 1.165) is 0 Å². The van der Waals surface area contributed by atoms with Crippen LogP contribution in [0, 0.1) is 28.1 Å². The Kier molecular flexibility index (Phi) is 2.97. The Labute approximate surface area is 171 Å². The predicted octanol–water partition coefficient (Wildman–Crippen LogP) is -1.37. The minimum absolute atomic E-state index is 0.229. The Morgan fingerprint density at radius 1 is 1.03 bits per heavy atom. The molecule has 0 amide bonds. The first-order valence-corrected chi connectivity index (χ1v) is 10.2. The Morgan fingerprint density at radius 2 is 1.70 bits per heavy atom. The van der Waals surface area contributed by atoms with Crippen LogP contribution in [-0.4, -0.2) is 75.1 Å². The predicted molar refractivity (Wildman–Crippen MR) is 92.0 cm³/mol. The monoisotopic (exact) mass is 424 g/mol. The van der Waals surface area contributed by atoms with E-state index in [-0.39, 0.29) is 6.42 Å². The zero-order chi connectivity index (χ0) is 21.8. The molecule has 4 heterocycles. The number of ether oxygens (including phenoxy) is 4. The van der Waals surface area contributed by atoms with Crippen molar-refractivity contribution in [1.29, 1.82) is 0 Å². The summed E-state index contributed by atoms with van der Waals surface area (Å²) in [5, 5.41) is 34.7. The first-order valence-electron chi connectivity index (χ1n) is 10.2. The lowest BCUT2D eigenvalue weighted by atomic mass is 9.51. The van der Waals surface area contributed by atoms with Crippen molar-refractivity contribution in [3.8, 4) is 0 Å². The van der Waals surface area contributed by atoms with Crippen molar-refractivity contribution in [2.45, 2.75) is 76.0 Å². The van der Waals surface area contributed by atoms with E-state index in [2.05, 4.69) is 0 Å². The van der Waals surface area contributed by atoms with Crippen LogP contribution in [0.2, 0.25) is 0 Å². The number of carbonyl (C=O) groups excluding carboxylic acids is 3. The Bertz CT molecular complexity index is 925. The molecule has 6 aliphatic rings. The highest BCUT2D eigenvalue weighted by Crippen LogP contribution is 2.84. The second kappa shape index (κ2) is 4.69. The highest BCUT2D eigenvalue weighted by Gasteiger charge is 3.03. The second-order valence-corrected chi connectivity index (χ2v) is 10.7. The van der Waals surface area contributed by atoms with Crippen molar-refractivity contribution < 1.29 is 48.7 Å². The van der Waals surface area contributed by atoms with Crippen molar-refractivity contribution in [2.75, 3.05) is 0 Å². The van der Waals surface area contributed by atoms with Gasteiger partial charge < -0.3 is 34.3 Å². The number of esters is 3. The summed E-state index contributed by atoms with van der Waals surface area (Å²) in [6, 6.07) is 0. The SMILES string of the molecule is C[C@@H]1C(=O)OC2[C@H](O)C34C5C[C@@H](C(C)(C)C)C36[C@@H](OC(=O)[C@@H]6O)O[C@@]4(C(=O)O5)[C@]21O. The smallest absolute Gasteiger partial charge is 0.343 e. The average molecular weight is 424 g/mol. The average Bonchev–Trinajstić information content (AvgIpc) is 3.35. The normalized spacial score (nSPS) is 60.1. The molecule has 4 unspecified atom stereocenters. The van der Waals surface area contributed by atoms with Gasteiger partial charge >= 0.3 is 17.9 Å². The minimum atomic E-state index is -2.24. The van der Waals surface area contributed by atoms with E-state index in [1.54, 1.807) is 0 Å². The molecule has 4 aliphatic heterocycles. The quantitative estimate of drug-likeness (QED) is 0.314. The zero-order valence-corrected chi connectivity index (χ0v) is 16.9. The summed E-state index contributed by atoms with van der Waals surface area (Å²) in [6.45, 7) is 7.14. The van der Waals surface area contributed by atoms with Crippen LogP contribution >= 0.6 is 0 Å². The van der Waals surface area contributed by atoms with Gasteiger partial charge in [-0.25, -0.2) is 9.59 Å². The van der Waals surface area contributed by atoms with Crippen molar-refractivity contribution in [2.24, 2.45) is 28.1 Å². The van der Waals surface area contributed by atoms with Gasteiger partial charge in [0.15, 0.2) is 17.8 Å². The molecule has 0 aromatic heterocycles. The lowest BCUT2D eigenvalue weighted by molar-refractivity contribution is -0.239. The number of carbonyl (C=O) groups is 3. The Balaban J connectivity index is 1.72. The molecule has 0 bridgehead atoms. The molecular formula is C20H24O10. The van der Waals surface area contributed by atoms with Gasteiger partial charge in [-0.15, -0.1) is 0 Å². The van der Waals surface area contributed by atoms with E-state index >= 15 is 0 Å². The fourth-order valence-electron chi connectivity index (χ4n) is 8.12. The molecule has 0 aromatic rings. The molecule has 11 atom stereocenters. The third-order valence-corrected chi connectivity index (χ3v) is 9.00. The molecule has 3 N–H and O–H groups in total. The molecule has 2 saturated carbocycles. The summed E-state index contributed by atoms with van der Waals surface area (Å²) in [5.41, 5.74) is -8.26. The van der Waals surface area contributed by atoms with Crippen LogP contribution in [-0.2, 0) is 33.3 Å². The molecule has 164 valence electrons. The third-order valence-electron chi connectivity index (χ3n) is 9.00. The Hall–Kier alpha value is -1.75. The third kappa shape index (κ3) is 1.33. The second-order valence-electron chi connectivity index (χ2n) is 10.7. The standard InChI is InChI=1S/C20H24O10/c1-6-12(23)28-11-9(21)18-8-5-7(16(2,3)4)17(18)10(22)13(24)29-15(17)30-20(18,14(25)27-8)19(6,11)26/h6-11,15,21-22,26H,5H2,1-4H3/t6-,7+,8?,9+,10+,11?,15+,17?,18?,19-,20-/m1/s1. The summed E-state index contributed by atoms with van der Waals surface area (Å²) in [5.74, 6) is -4.32. The number of hydrogen-bond acceptors (Lipinski definition) is 10. The van der Waals surface area contributed by atoms with Gasteiger partial charge in [-0.3, -0.25) is 4.79 Å². The summed E-state index contributed by atoms with van der Waals surface area (Å²) in [6.07, 6.45) is -6.91. The van der Waals surface area contributed by atoms with Gasteiger partial charge in [-0.2, -0.15) is 0 Å². The molecule has 2 spiro atoms. The first kappa shape index (κ1) is 19.0. The minimum Gasteiger partial charge on any atom is -0.459 e. The number of rotatable bonds is 0. The van der Waals surface area contributed by atoms with Gasteiger partial charge in [-0.05, 0) is 24.7 Å². The van der Waals surface area contributed by atoms with Crippen LogP contribution in [0.3, 0.4) is 0 Å². The highest BCUT2D eigenvalue weighted by atomic mass is 16.8. The van der Waals surface area contributed by atoms with Crippen molar-refractivity contribution in [1.82, 2.24) is 0 Å². The van der Waals surface area contributed by atoms with Gasteiger partial charge in [0.05, 0.1) is 16.7 Å². The topological polar surface area (TPSA) is 149 Å². The van der Waals surface area contributed by atoms with Crippen molar-refractivity contribution >= 4 is 17.9 Å². The first-order chi connectivity index (χ1) is 13.8. The molecule has 10 heteroatoms. The largest absolute Gasteiger partial charge is 0.459 e. The van der Waals surface area contributed by atoms with Crippen LogP contribution < -0.4 is 0 Å². The summed E-state index contributed by atoms with van der Waals surface area (Å²) >= 11 is 0. The summed E-state index contributed by atoms with van der Waals surface area (Å²) in [4.78, 5) is 38.2. The van der Waals surface area contributed by atoms with E-state index in [0.29, 0.717) is 0 Å². The van der Waals surface area contributed by atoms with E-state index in [9.17, 15) is 29.7 Å². The maximum absolute atomic E-state index is 13.4. The molecular weight excluding hydrogens is 400 g/mol. The highest BCUT2D eigenvalue weighted by molar-refractivity contribution is 5.94. The Morgan fingerprint density at radius 3 is 2.33 bits per heavy atom. The molecule has 4 saturated heterocycles. The van der Waals surface area contributed by atoms with Gasteiger partial charge in [-0.1, -0.05) is 20.8 Å². The van der Waals surface area contributed by atoms with Crippen LogP contribution in [0.15, 0.2) is 0 Å². The number of aliphatic hydroxyl groups is 3. The maximum atomic E-state index is 13.4. The van der Waals surface area contributed by atoms with Crippen LogP contribution in [0.5, 0.6) is 0 Å². The lowest BCUT2D eigenvalue weighted by Gasteiger charge is -2.47. The zero-order valence-electron chi connectivity index (χ0n) is 16.9. The fraction of sp³-hybridized carbons (Fsp3) is 0.850. The van der Waals surface area contributed by atoms with Crippen LogP contribution in [0.1, 0.15) is 34.1 Å². The molecule has 6 fully saturated rings. The van der Waals surface area contributed by atoms with E-state index < -0.39 is 87.9 Å². The van der Waals surface area contributed by atoms with Gasteiger partial charge in [0.25, 0.3) is 0 Å². The molecule has 0 aromatic carbocycles. The lowest BCUT2D eigenvalue weighted by Crippen LogP contribution is -2.67. The van der Waals surface area contributed by atoms with Crippen molar-refractivity contribution in [3.63, 3.8) is 0 Å². The maximum Gasteiger partial charge on any atom is 0.343 e. The van der Waals surface area contributed by atoms with Crippen LogP contribution in [0.4, 0.5) is 0 Å².